The lowest BCUT2D eigenvalue weighted by atomic mass is 10.0. The average molecular weight is 407 g/mol. The number of carbonyl (C=O) groups excluding carboxylic acids is 3. The van der Waals surface area contributed by atoms with Crippen molar-refractivity contribution in [3.8, 4) is 0 Å². The Morgan fingerprint density at radius 3 is 2.39 bits per heavy atom. The van der Waals surface area contributed by atoms with Crippen LogP contribution in [0.5, 0.6) is 0 Å². The molecule has 2 N–H and O–H groups in total. The van der Waals surface area contributed by atoms with Gasteiger partial charge in [0.1, 0.15) is 6.04 Å². The Balaban J connectivity index is 2.01. The molecule has 2 aromatic heterocycles. The highest BCUT2D eigenvalue weighted by molar-refractivity contribution is 7.12. The molecule has 2 rings (SSSR count). The van der Waals surface area contributed by atoms with Gasteiger partial charge in [-0.15, -0.1) is 11.3 Å². The molecule has 2 atom stereocenters. The van der Waals surface area contributed by atoms with Crippen LogP contribution in [0, 0.1) is 19.8 Å². The molecule has 0 aromatic carbocycles. The van der Waals surface area contributed by atoms with Crippen molar-refractivity contribution in [1.29, 1.82) is 0 Å². The highest BCUT2D eigenvalue weighted by Gasteiger charge is 2.30. The van der Waals surface area contributed by atoms with Crippen LogP contribution in [0.2, 0.25) is 0 Å². The van der Waals surface area contributed by atoms with Gasteiger partial charge < -0.3 is 15.4 Å². The summed E-state index contributed by atoms with van der Waals surface area (Å²) in [6, 6.07) is 2.58. The van der Waals surface area contributed by atoms with Crippen LogP contribution in [-0.4, -0.2) is 39.7 Å². The summed E-state index contributed by atoms with van der Waals surface area (Å²) in [6.07, 6.45) is -1.02. The van der Waals surface area contributed by atoms with Crippen molar-refractivity contribution in [3.63, 3.8) is 0 Å². The van der Waals surface area contributed by atoms with Crippen LogP contribution in [0.1, 0.15) is 41.8 Å². The number of ether oxygens (including phenoxy) is 1. The first-order valence-electron chi connectivity index (χ1n) is 8.97. The molecule has 0 aliphatic carbocycles. The van der Waals surface area contributed by atoms with E-state index in [4.69, 9.17) is 4.74 Å². The van der Waals surface area contributed by atoms with Gasteiger partial charge in [0.05, 0.1) is 22.0 Å². The largest absolute Gasteiger partial charge is 0.451 e. The Hall–Kier alpha value is -2.68. The monoisotopic (exact) mass is 406 g/mol. The standard InChI is InChI=1S/C19H26N4O4S/c1-10(2)15(20-18(25)14-8-7-9-28-14)19(26)27-13(5)17(24)21-16-11(3)22-23(6)12(16)4/h7-10,13,15H,1-6H3,(H,20,25)(H,21,24)/t13-,15-/m1/s1. The highest BCUT2D eigenvalue weighted by Crippen LogP contribution is 2.19. The molecule has 152 valence electrons. The molecule has 2 aromatic rings. The maximum Gasteiger partial charge on any atom is 0.329 e. The van der Waals surface area contributed by atoms with E-state index in [-0.39, 0.29) is 11.8 Å². The van der Waals surface area contributed by atoms with Gasteiger partial charge in [0, 0.05) is 7.05 Å². The fourth-order valence-corrected chi connectivity index (χ4v) is 3.23. The van der Waals surface area contributed by atoms with E-state index in [1.165, 1.54) is 18.3 Å². The predicted octanol–water partition coefficient (Wildman–Crippen LogP) is 2.42. The summed E-state index contributed by atoms with van der Waals surface area (Å²) in [5.41, 5.74) is 2.07. The number of aromatic nitrogens is 2. The molecule has 0 aliphatic heterocycles. The molecule has 0 spiro atoms. The Morgan fingerprint density at radius 2 is 1.89 bits per heavy atom. The third-order valence-electron chi connectivity index (χ3n) is 4.37. The van der Waals surface area contributed by atoms with Crippen LogP contribution in [0.4, 0.5) is 5.69 Å². The zero-order valence-electron chi connectivity index (χ0n) is 16.9. The number of hydrogen-bond acceptors (Lipinski definition) is 6. The maximum absolute atomic E-state index is 12.6. The van der Waals surface area contributed by atoms with Gasteiger partial charge >= 0.3 is 5.97 Å². The van der Waals surface area contributed by atoms with Gasteiger partial charge in [0.25, 0.3) is 11.8 Å². The van der Waals surface area contributed by atoms with E-state index in [1.54, 1.807) is 50.0 Å². The zero-order valence-corrected chi connectivity index (χ0v) is 17.7. The first kappa shape index (κ1) is 21.6. The second kappa shape index (κ2) is 9.01. The first-order chi connectivity index (χ1) is 13.1. The minimum absolute atomic E-state index is 0.200. The number of carbonyl (C=O) groups is 3. The molecule has 0 fully saturated rings. The fraction of sp³-hybridized carbons (Fsp3) is 0.474. The molecule has 0 radical (unpaired) electrons. The molecule has 0 bridgehead atoms. The number of aryl methyl sites for hydroxylation is 2. The van der Waals surface area contributed by atoms with Crippen molar-refractivity contribution >= 4 is 34.8 Å². The number of anilines is 1. The Kier molecular flexibility index (Phi) is 6.95. The van der Waals surface area contributed by atoms with Gasteiger partial charge in [-0.25, -0.2) is 4.79 Å². The molecule has 9 heteroatoms. The van der Waals surface area contributed by atoms with Crippen LogP contribution >= 0.6 is 11.3 Å². The summed E-state index contributed by atoms with van der Waals surface area (Å²) < 4.78 is 6.99. The zero-order chi connectivity index (χ0) is 21.0. The lowest BCUT2D eigenvalue weighted by Crippen LogP contribution is -2.47. The summed E-state index contributed by atoms with van der Waals surface area (Å²) in [6.45, 7) is 8.71. The van der Waals surface area contributed by atoms with E-state index in [0.717, 1.165) is 5.69 Å². The minimum atomic E-state index is -1.02. The second-order valence-electron chi connectivity index (χ2n) is 6.91. The van der Waals surface area contributed by atoms with Gasteiger partial charge in [0.15, 0.2) is 6.10 Å². The molecular formula is C19H26N4O4S. The fourth-order valence-electron chi connectivity index (χ4n) is 2.60. The van der Waals surface area contributed by atoms with Crippen molar-refractivity contribution < 1.29 is 19.1 Å². The van der Waals surface area contributed by atoms with Crippen molar-refractivity contribution in [1.82, 2.24) is 15.1 Å². The molecule has 2 amide bonds. The van der Waals surface area contributed by atoms with Crippen molar-refractivity contribution in [2.75, 3.05) is 5.32 Å². The smallest absolute Gasteiger partial charge is 0.329 e. The lowest BCUT2D eigenvalue weighted by Gasteiger charge is -2.22. The second-order valence-corrected chi connectivity index (χ2v) is 7.86. The number of thiophene rings is 1. The first-order valence-corrected chi connectivity index (χ1v) is 9.85. The van der Waals surface area contributed by atoms with E-state index in [9.17, 15) is 14.4 Å². The molecule has 8 nitrogen and oxygen atoms in total. The molecule has 0 saturated carbocycles. The van der Waals surface area contributed by atoms with Crippen LogP contribution in [0.15, 0.2) is 17.5 Å². The van der Waals surface area contributed by atoms with Crippen LogP contribution in [0.25, 0.3) is 0 Å². The Morgan fingerprint density at radius 1 is 1.21 bits per heavy atom. The average Bonchev–Trinajstić information content (AvgIpc) is 3.23. The summed E-state index contributed by atoms with van der Waals surface area (Å²) >= 11 is 1.28. The van der Waals surface area contributed by atoms with E-state index >= 15 is 0 Å². The molecule has 2 heterocycles. The summed E-state index contributed by atoms with van der Waals surface area (Å²) in [7, 11) is 1.78. The lowest BCUT2D eigenvalue weighted by molar-refractivity contribution is -0.156. The van der Waals surface area contributed by atoms with E-state index < -0.39 is 24.0 Å². The van der Waals surface area contributed by atoms with E-state index in [2.05, 4.69) is 15.7 Å². The Bertz CT molecular complexity index is 858. The predicted molar refractivity (Wildman–Crippen MR) is 107 cm³/mol. The highest BCUT2D eigenvalue weighted by atomic mass is 32.1. The number of esters is 1. The summed E-state index contributed by atoms with van der Waals surface area (Å²) in [5.74, 6) is -1.65. The van der Waals surface area contributed by atoms with Crippen LogP contribution in [0.3, 0.4) is 0 Å². The molecular weight excluding hydrogens is 380 g/mol. The number of rotatable bonds is 7. The maximum atomic E-state index is 12.6. The van der Waals surface area contributed by atoms with E-state index in [1.807, 2.05) is 6.92 Å². The van der Waals surface area contributed by atoms with Crippen molar-refractivity contribution in [2.45, 2.75) is 46.8 Å². The topological polar surface area (TPSA) is 102 Å². The molecule has 0 unspecified atom stereocenters. The van der Waals surface area contributed by atoms with Gasteiger partial charge in [-0.2, -0.15) is 5.10 Å². The van der Waals surface area contributed by atoms with Crippen molar-refractivity contribution in [3.05, 3.63) is 33.8 Å². The quantitative estimate of drug-likeness (QED) is 0.688. The van der Waals surface area contributed by atoms with Gasteiger partial charge in [-0.3, -0.25) is 14.3 Å². The van der Waals surface area contributed by atoms with Gasteiger partial charge in [-0.05, 0) is 38.1 Å². The number of hydrogen-bond donors (Lipinski definition) is 2. The number of nitrogens with one attached hydrogen (secondary N) is 2. The van der Waals surface area contributed by atoms with Crippen molar-refractivity contribution in [2.24, 2.45) is 13.0 Å². The third kappa shape index (κ3) is 4.98. The summed E-state index contributed by atoms with van der Waals surface area (Å²) in [5, 5.41) is 11.5. The molecule has 28 heavy (non-hydrogen) atoms. The van der Waals surface area contributed by atoms with Gasteiger partial charge in [0.2, 0.25) is 0 Å². The van der Waals surface area contributed by atoms with Gasteiger partial charge in [-0.1, -0.05) is 19.9 Å². The SMILES string of the molecule is Cc1nn(C)c(C)c1NC(=O)[C@@H](C)OC(=O)[C@H](NC(=O)c1cccs1)C(C)C. The molecule has 0 aliphatic rings. The number of amides is 2. The Labute approximate surface area is 168 Å². The third-order valence-corrected chi connectivity index (χ3v) is 5.24. The van der Waals surface area contributed by atoms with Crippen LogP contribution < -0.4 is 10.6 Å². The van der Waals surface area contributed by atoms with Crippen LogP contribution in [-0.2, 0) is 21.4 Å². The summed E-state index contributed by atoms with van der Waals surface area (Å²) in [4.78, 5) is 37.8. The number of nitrogens with zero attached hydrogens (tertiary/aromatic N) is 2. The normalized spacial score (nSPS) is 13.1. The minimum Gasteiger partial charge on any atom is -0.451 e. The molecule has 0 saturated heterocycles. The van der Waals surface area contributed by atoms with E-state index in [0.29, 0.717) is 16.3 Å².